The highest BCUT2D eigenvalue weighted by atomic mass is 16.7. The van der Waals surface area contributed by atoms with Crippen molar-refractivity contribution in [3.63, 3.8) is 0 Å². The fraction of sp³-hybridized carbons (Fsp3) is 0.400. The first-order valence-corrected chi connectivity index (χ1v) is 4.67. The lowest BCUT2D eigenvalue weighted by Crippen LogP contribution is -2.22. The lowest BCUT2D eigenvalue weighted by atomic mass is 10.4. The molecule has 1 amide bonds. The summed E-state index contributed by atoms with van der Waals surface area (Å²) in [6.07, 6.45) is 4.21. The van der Waals surface area contributed by atoms with Gasteiger partial charge in [0.05, 0.1) is 6.61 Å². The van der Waals surface area contributed by atoms with Crippen molar-refractivity contribution < 1.29 is 9.63 Å². The number of anilines is 1. The second kappa shape index (κ2) is 6.10. The fourth-order valence-electron chi connectivity index (χ4n) is 0.942. The first-order chi connectivity index (χ1) is 6.88. The Morgan fingerprint density at radius 2 is 2.43 bits per heavy atom. The van der Waals surface area contributed by atoms with Gasteiger partial charge in [0.2, 0.25) is 6.41 Å². The minimum Gasteiger partial charge on any atom is -0.276 e. The molecule has 0 N–H and O–H groups in total. The first-order valence-electron chi connectivity index (χ1n) is 4.67. The molecule has 0 aliphatic rings. The van der Waals surface area contributed by atoms with Gasteiger partial charge in [-0.25, -0.2) is 4.98 Å². The number of hydrogen-bond donors (Lipinski definition) is 0. The van der Waals surface area contributed by atoms with Crippen LogP contribution in [0.1, 0.15) is 19.8 Å². The highest BCUT2D eigenvalue weighted by molar-refractivity contribution is 5.69. The third kappa shape index (κ3) is 3.14. The maximum Gasteiger partial charge on any atom is 0.239 e. The summed E-state index contributed by atoms with van der Waals surface area (Å²) in [6.45, 7) is 2.60. The SMILES string of the molecule is CCCCON(C=O)c1ccccn1. The van der Waals surface area contributed by atoms with Crippen molar-refractivity contribution in [1.82, 2.24) is 4.98 Å². The van der Waals surface area contributed by atoms with Gasteiger partial charge in [-0.3, -0.25) is 9.63 Å². The highest BCUT2D eigenvalue weighted by Crippen LogP contribution is 2.07. The molecule has 0 aliphatic carbocycles. The molecule has 0 bridgehead atoms. The molecular weight excluding hydrogens is 180 g/mol. The molecule has 76 valence electrons. The number of nitrogens with zero attached hydrogens (tertiary/aromatic N) is 2. The predicted molar refractivity (Wildman–Crippen MR) is 53.6 cm³/mol. The van der Waals surface area contributed by atoms with E-state index in [-0.39, 0.29) is 0 Å². The van der Waals surface area contributed by atoms with Crippen LogP contribution in [0.5, 0.6) is 0 Å². The maximum atomic E-state index is 10.7. The van der Waals surface area contributed by atoms with Crippen molar-refractivity contribution >= 4 is 12.2 Å². The third-order valence-corrected chi connectivity index (χ3v) is 1.70. The number of hydroxylamine groups is 1. The van der Waals surface area contributed by atoms with Crippen LogP contribution in [0.15, 0.2) is 24.4 Å². The summed E-state index contributed by atoms with van der Waals surface area (Å²) in [6, 6.07) is 5.32. The Bertz CT molecular complexity index is 264. The zero-order valence-corrected chi connectivity index (χ0v) is 8.22. The number of hydrogen-bond acceptors (Lipinski definition) is 3. The number of aromatic nitrogens is 1. The lowest BCUT2D eigenvalue weighted by Gasteiger charge is -2.14. The van der Waals surface area contributed by atoms with Gasteiger partial charge in [0.15, 0.2) is 5.82 Å². The van der Waals surface area contributed by atoms with Crippen molar-refractivity contribution in [1.29, 1.82) is 0 Å². The molecule has 1 heterocycles. The lowest BCUT2D eigenvalue weighted by molar-refractivity contribution is -0.114. The van der Waals surface area contributed by atoms with Crippen molar-refractivity contribution in [3.05, 3.63) is 24.4 Å². The van der Waals surface area contributed by atoms with Gasteiger partial charge in [-0.2, -0.15) is 5.06 Å². The number of carbonyl (C=O) groups is 1. The van der Waals surface area contributed by atoms with Crippen LogP contribution in [0.25, 0.3) is 0 Å². The summed E-state index contributed by atoms with van der Waals surface area (Å²) in [5.74, 6) is 0.513. The molecule has 14 heavy (non-hydrogen) atoms. The van der Waals surface area contributed by atoms with Crippen LogP contribution >= 0.6 is 0 Å². The van der Waals surface area contributed by atoms with Crippen LogP contribution in [0.2, 0.25) is 0 Å². The Labute approximate surface area is 83.5 Å². The zero-order valence-electron chi connectivity index (χ0n) is 8.22. The Hall–Kier alpha value is -1.42. The van der Waals surface area contributed by atoms with E-state index in [1.165, 1.54) is 0 Å². The molecule has 0 aromatic carbocycles. The van der Waals surface area contributed by atoms with Crippen LogP contribution in [0, 0.1) is 0 Å². The van der Waals surface area contributed by atoms with Gasteiger partial charge in [-0.05, 0) is 18.6 Å². The summed E-state index contributed by atoms with van der Waals surface area (Å²) in [5.41, 5.74) is 0. The standard InChI is InChI=1S/C10H14N2O2/c1-2-3-8-14-12(9-13)10-6-4-5-7-11-10/h4-7,9H,2-3,8H2,1H3. The van der Waals surface area contributed by atoms with Gasteiger partial charge < -0.3 is 0 Å². The van der Waals surface area contributed by atoms with Crippen LogP contribution in [-0.4, -0.2) is 18.0 Å². The van der Waals surface area contributed by atoms with E-state index in [9.17, 15) is 4.79 Å². The fourth-order valence-corrected chi connectivity index (χ4v) is 0.942. The van der Waals surface area contributed by atoms with E-state index in [4.69, 9.17) is 4.84 Å². The van der Waals surface area contributed by atoms with Crippen LogP contribution < -0.4 is 5.06 Å². The molecule has 0 fully saturated rings. The predicted octanol–water partition coefficient (Wildman–Crippen LogP) is 1.78. The van der Waals surface area contributed by atoms with E-state index in [2.05, 4.69) is 11.9 Å². The van der Waals surface area contributed by atoms with Gasteiger partial charge in [0.25, 0.3) is 0 Å². The summed E-state index contributed by atoms with van der Waals surface area (Å²) in [4.78, 5) is 19.9. The second-order valence-corrected chi connectivity index (χ2v) is 2.81. The number of rotatable bonds is 6. The van der Waals surface area contributed by atoms with E-state index < -0.39 is 0 Å². The molecule has 0 atom stereocenters. The molecule has 0 saturated heterocycles. The van der Waals surface area contributed by atoms with Crippen molar-refractivity contribution in [2.45, 2.75) is 19.8 Å². The Kier molecular flexibility index (Phi) is 4.64. The summed E-state index contributed by atoms with van der Waals surface area (Å²) in [7, 11) is 0. The van der Waals surface area contributed by atoms with Crippen molar-refractivity contribution in [2.24, 2.45) is 0 Å². The quantitative estimate of drug-likeness (QED) is 0.394. The van der Waals surface area contributed by atoms with Crippen molar-refractivity contribution in [2.75, 3.05) is 11.7 Å². The normalized spacial score (nSPS) is 9.79. The second-order valence-electron chi connectivity index (χ2n) is 2.81. The minimum absolute atomic E-state index is 0.513. The number of carbonyl (C=O) groups excluding carboxylic acids is 1. The average Bonchev–Trinajstić information content (AvgIpc) is 2.26. The molecular formula is C10H14N2O2. The molecule has 1 aromatic heterocycles. The number of amides is 1. The van der Waals surface area contributed by atoms with E-state index in [1.54, 1.807) is 18.3 Å². The van der Waals surface area contributed by atoms with Gasteiger partial charge in [0.1, 0.15) is 0 Å². The number of unbranched alkanes of at least 4 members (excludes halogenated alkanes) is 1. The average molecular weight is 194 g/mol. The van der Waals surface area contributed by atoms with Gasteiger partial charge in [-0.15, -0.1) is 0 Å². The molecule has 0 radical (unpaired) electrons. The van der Waals surface area contributed by atoms with E-state index in [1.807, 2.05) is 6.07 Å². The third-order valence-electron chi connectivity index (χ3n) is 1.70. The summed E-state index contributed by atoms with van der Waals surface area (Å²) >= 11 is 0. The molecule has 4 heteroatoms. The molecule has 1 aromatic rings. The highest BCUT2D eigenvalue weighted by Gasteiger charge is 2.05. The molecule has 4 nitrogen and oxygen atoms in total. The molecule has 0 saturated carbocycles. The molecule has 0 unspecified atom stereocenters. The van der Waals surface area contributed by atoms with Crippen LogP contribution in [-0.2, 0) is 9.63 Å². The van der Waals surface area contributed by atoms with Crippen LogP contribution in [0.4, 0.5) is 5.82 Å². The van der Waals surface area contributed by atoms with E-state index in [0.29, 0.717) is 18.8 Å². The minimum atomic E-state index is 0.513. The first kappa shape index (κ1) is 10.7. The Balaban J connectivity index is 2.50. The molecule has 0 spiro atoms. The smallest absolute Gasteiger partial charge is 0.239 e. The molecule has 0 aliphatic heterocycles. The Morgan fingerprint density at radius 3 is 3.00 bits per heavy atom. The number of pyridine rings is 1. The van der Waals surface area contributed by atoms with E-state index in [0.717, 1.165) is 17.9 Å². The topological polar surface area (TPSA) is 42.4 Å². The van der Waals surface area contributed by atoms with Gasteiger partial charge in [0, 0.05) is 6.20 Å². The largest absolute Gasteiger partial charge is 0.276 e. The molecule has 1 rings (SSSR count). The van der Waals surface area contributed by atoms with Crippen molar-refractivity contribution in [3.8, 4) is 0 Å². The van der Waals surface area contributed by atoms with Gasteiger partial charge >= 0.3 is 0 Å². The van der Waals surface area contributed by atoms with E-state index >= 15 is 0 Å². The summed E-state index contributed by atoms with van der Waals surface area (Å²) < 4.78 is 0. The van der Waals surface area contributed by atoms with Gasteiger partial charge in [-0.1, -0.05) is 19.4 Å². The summed E-state index contributed by atoms with van der Waals surface area (Å²) in [5, 5.41) is 1.15. The van der Waals surface area contributed by atoms with Crippen LogP contribution in [0.3, 0.4) is 0 Å². The Morgan fingerprint density at radius 1 is 1.57 bits per heavy atom. The zero-order chi connectivity index (χ0) is 10.2. The monoisotopic (exact) mass is 194 g/mol. The maximum absolute atomic E-state index is 10.7.